The monoisotopic (exact) mass is 520 g/mol. The Morgan fingerprint density at radius 3 is 2.89 bits per heavy atom. The van der Waals surface area contributed by atoms with Crippen LogP contribution in [0.15, 0.2) is 35.3 Å². The molecule has 1 aromatic carbocycles. The lowest BCUT2D eigenvalue weighted by Crippen LogP contribution is -2.29. The molecular formula is C24H23ClF2N4O3S. The topological polar surface area (TPSA) is 93.3 Å². The normalized spacial score (nSPS) is 16.5. The van der Waals surface area contributed by atoms with Gasteiger partial charge in [0.2, 0.25) is 0 Å². The average molecular weight is 521 g/mol. The third-order valence-electron chi connectivity index (χ3n) is 5.79. The molecule has 4 aromatic rings. The lowest BCUT2D eigenvalue weighted by Gasteiger charge is -2.13. The van der Waals surface area contributed by atoms with E-state index in [0.29, 0.717) is 46.3 Å². The number of hydrogen-bond acceptors (Lipinski definition) is 8. The Kier molecular flexibility index (Phi) is 6.47. The molecule has 0 fully saturated rings. The highest BCUT2D eigenvalue weighted by molar-refractivity contribution is 7.19. The van der Waals surface area contributed by atoms with E-state index in [1.54, 1.807) is 6.07 Å². The first-order chi connectivity index (χ1) is 16.7. The quantitative estimate of drug-likeness (QED) is 0.300. The summed E-state index contributed by atoms with van der Waals surface area (Å²) >= 11 is 7.91. The van der Waals surface area contributed by atoms with Crippen molar-refractivity contribution in [3.63, 3.8) is 0 Å². The number of hydrogen-bond donors (Lipinski definition) is 2. The fourth-order valence-electron chi connectivity index (χ4n) is 4.15. The number of benzene rings is 1. The number of aliphatic hydroxyl groups is 1. The van der Waals surface area contributed by atoms with E-state index in [9.17, 15) is 13.9 Å². The summed E-state index contributed by atoms with van der Waals surface area (Å²) in [6, 6.07) is 5.51. The summed E-state index contributed by atoms with van der Waals surface area (Å²) in [5.41, 5.74) is 3.51. The molecule has 4 heterocycles. The number of halogens is 3. The smallest absolute Gasteiger partial charge is 0.257 e. The second kappa shape index (κ2) is 9.42. The summed E-state index contributed by atoms with van der Waals surface area (Å²) in [7, 11) is 0. The predicted molar refractivity (Wildman–Crippen MR) is 129 cm³/mol. The predicted octanol–water partition coefficient (Wildman–Crippen LogP) is 5.86. The van der Waals surface area contributed by atoms with Crippen LogP contribution in [0.4, 0.5) is 8.78 Å². The summed E-state index contributed by atoms with van der Waals surface area (Å²) < 4.78 is 39.1. The van der Waals surface area contributed by atoms with Crippen LogP contribution < -0.4 is 10.1 Å². The number of oxazole rings is 1. The first kappa shape index (κ1) is 24.1. The molecule has 184 valence electrons. The molecule has 1 aliphatic heterocycles. The van der Waals surface area contributed by atoms with Crippen molar-refractivity contribution in [1.29, 1.82) is 0 Å². The Hall–Kier alpha value is -2.66. The van der Waals surface area contributed by atoms with Crippen molar-refractivity contribution in [3.05, 3.63) is 57.8 Å². The molecule has 1 aliphatic rings. The SMILES string of the molecule is CCC(O)c1cc2ncnc(-c3cc(Cl)cc4c3OC(c3ocnc3CNCC(C)(F)F)C4)c2s1. The Balaban J connectivity index is 1.48. The van der Waals surface area contributed by atoms with Crippen LogP contribution in [0.1, 0.15) is 54.4 Å². The fourth-order valence-corrected chi connectivity index (χ4v) is 5.58. The fraction of sp³-hybridized carbons (Fsp3) is 0.375. The van der Waals surface area contributed by atoms with Crippen LogP contribution in [0.3, 0.4) is 0 Å². The van der Waals surface area contributed by atoms with Crippen LogP contribution in [0.25, 0.3) is 21.5 Å². The van der Waals surface area contributed by atoms with E-state index >= 15 is 0 Å². The average Bonchev–Trinajstić information content (AvgIpc) is 3.54. The number of fused-ring (bicyclic) bond motifs is 2. The van der Waals surface area contributed by atoms with Crippen LogP contribution in [0.2, 0.25) is 5.02 Å². The standard InChI is InChI=1S/C24H23ClF2N4O3S/c1-3-17(32)19-7-15-23(35-19)20(30-10-29-15)14-6-13(25)4-12-5-18(34-21(12)14)22-16(31-11-33-22)8-28-9-24(2,26)27/h4,6-7,10-11,17-18,28,32H,3,5,8-9H2,1-2H3. The first-order valence-corrected chi connectivity index (χ1v) is 12.4. The maximum Gasteiger partial charge on any atom is 0.257 e. The summed E-state index contributed by atoms with van der Waals surface area (Å²) in [5, 5.41) is 13.6. The maximum atomic E-state index is 13.2. The molecular weight excluding hydrogens is 498 g/mol. The molecule has 2 atom stereocenters. The van der Waals surface area contributed by atoms with E-state index in [1.807, 2.05) is 19.1 Å². The largest absolute Gasteiger partial charge is 0.481 e. The Bertz CT molecular complexity index is 1370. The molecule has 0 aliphatic carbocycles. The van der Waals surface area contributed by atoms with Crippen molar-refractivity contribution in [2.75, 3.05) is 6.54 Å². The third kappa shape index (κ3) is 4.88. The number of ether oxygens (including phenoxy) is 1. The molecule has 0 radical (unpaired) electrons. The summed E-state index contributed by atoms with van der Waals surface area (Å²) in [5.74, 6) is -1.72. The van der Waals surface area contributed by atoms with Gasteiger partial charge in [0, 0.05) is 40.9 Å². The number of rotatable bonds is 8. The van der Waals surface area contributed by atoms with Crippen molar-refractivity contribution >= 4 is 33.2 Å². The van der Waals surface area contributed by atoms with E-state index < -0.39 is 24.7 Å². The van der Waals surface area contributed by atoms with Crippen molar-refractivity contribution in [2.24, 2.45) is 0 Å². The second-order valence-electron chi connectivity index (χ2n) is 8.60. The maximum absolute atomic E-state index is 13.2. The molecule has 0 spiro atoms. The number of nitrogens with zero attached hydrogens (tertiary/aromatic N) is 3. The second-order valence-corrected chi connectivity index (χ2v) is 10.1. The number of aliphatic hydroxyl groups excluding tert-OH is 1. The van der Waals surface area contributed by atoms with Crippen molar-refractivity contribution in [2.45, 2.75) is 51.4 Å². The highest BCUT2D eigenvalue weighted by Crippen LogP contribution is 2.47. The van der Waals surface area contributed by atoms with Gasteiger partial charge in [0.15, 0.2) is 18.3 Å². The molecule has 7 nitrogen and oxygen atoms in total. The third-order valence-corrected chi connectivity index (χ3v) is 7.24. The molecule has 5 rings (SSSR count). The summed E-state index contributed by atoms with van der Waals surface area (Å²) in [4.78, 5) is 13.9. The van der Waals surface area contributed by atoms with Gasteiger partial charge in [-0.15, -0.1) is 11.3 Å². The van der Waals surface area contributed by atoms with Gasteiger partial charge in [-0.05, 0) is 24.6 Å². The van der Waals surface area contributed by atoms with Crippen LogP contribution in [-0.4, -0.2) is 32.5 Å². The highest BCUT2D eigenvalue weighted by Gasteiger charge is 2.33. The minimum absolute atomic E-state index is 0.128. The summed E-state index contributed by atoms with van der Waals surface area (Å²) in [6.07, 6.45) is 2.79. The van der Waals surface area contributed by atoms with E-state index in [2.05, 4.69) is 20.3 Å². The van der Waals surface area contributed by atoms with Crippen LogP contribution >= 0.6 is 22.9 Å². The van der Waals surface area contributed by atoms with Gasteiger partial charge >= 0.3 is 0 Å². The van der Waals surface area contributed by atoms with Crippen LogP contribution in [0, 0.1) is 0 Å². The molecule has 0 saturated heterocycles. The number of aromatic nitrogens is 3. The lowest BCUT2D eigenvalue weighted by atomic mass is 10.0. The van der Waals surface area contributed by atoms with E-state index in [0.717, 1.165) is 27.6 Å². The van der Waals surface area contributed by atoms with Gasteiger partial charge in [-0.2, -0.15) is 0 Å². The molecule has 35 heavy (non-hydrogen) atoms. The van der Waals surface area contributed by atoms with Gasteiger partial charge in [-0.1, -0.05) is 18.5 Å². The van der Waals surface area contributed by atoms with Gasteiger partial charge < -0.3 is 19.6 Å². The minimum atomic E-state index is -2.83. The summed E-state index contributed by atoms with van der Waals surface area (Å²) in [6.45, 7) is 2.43. The zero-order valence-electron chi connectivity index (χ0n) is 19.0. The molecule has 0 saturated carbocycles. The van der Waals surface area contributed by atoms with Crippen LogP contribution in [0.5, 0.6) is 5.75 Å². The first-order valence-electron chi connectivity index (χ1n) is 11.2. The molecule has 11 heteroatoms. The van der Waals surface area contributed by atoms with E-state index in [-0.39, 0.29) is 6.54 Å². The van der Waals surface area contributed by atoms with Gasteiger partial charge in [0.05, 0.1) is 34.3 Å². The van der Waals surface area contributed by atoms with E-state index in [4.69, 9.17) is 20.8 Å². The molecule has 2 N–H and O–H groups in total. The Morgan fingerprint density at radius 2 is 2.11 bits per heavy atom. The van der Waals surface area contributed by atoms with Gasteiger partial charge in [-0.25, -0.2) is 23.7 Å². The number of alkyl halides is 2. The number of thiophene rings is 1. The Labute approximate surface area is 209 Å². The van der Waals surface area contributed by atoms with Crippen LogP contribution in [-0.2, 0) is 13.0 Å². The van der Waals surface area contributed by atoms with Crippen molar-refractivity contribution in [1.82, 2.24) is 20.3 Å². The lowest BCUT2D eigenvalue weighted by molar-refractivity contribution is 0.0223. The molecule has 3 aromatic heterocycles. The highest BCUT2D eigenvalue weighted by atomic mass is 35.5. The van der Waals surface area contributed by atoms with Crippen molar-refractivity contribution < 1.29 is 23.0 Å². The van der Waals surface area contributed by atoms with Crippen molar-refractivity contribution in [3.8, 4) is 17.0 Å². The molecule has 0 amide bonds. The van der Waals surface area contributed by atoms with Gasteiger partial charge in [0.1, 0.15) is 12.1 Å². The van der Waals surface area contributed by atoms with Gasteiger partial charge in [0.25, 0.3) is 5.92 Å². The Morgan fingerprint density at radius 1 is 1.29 bits per heavy atom. The molecule has 2 unspecified atom stereocenters. The van der Waals surface area contributed by atoms with Gasteiger partial charge in [-0.3, -0.25) is 0 Å². The molecule has 0 bridgehead atoms. The zero-order valence-corrected chi connectivity index (χ0v) is 20.6. The van der Waals surface area contributed by atoms with E-state index in [1.165, 1.54) is 24.1 Å². The minimum Gasteiger partial charge on any atom is -0.481 e. The zero-order chi connectivity index (χ0) is 24.7. The number of nitrogens with one attached hydrogen (secondary N) is 1.